The zero-order valence-electron chi connectivity index (χ0n) is 25.4. The number of rotatable bonds is 8. The van der Waals surface area contributed by atoms with Crippen LogP contribution >= 0.6 is 0 Å². The normalized spacial score (nSPS) is 22.4. The number of hydrogen-bond donors (Lipinski definition) is 0. The Hall–Kier alpha value is -3.85. The molecular formula is C32H40F3N7O2. The van der Waals surface area contributed by atoms with Crippen LogP contribution in [0.2, 0.25) is 0 Å². The van der Waals surface area contributed by atoms with Crippen molar-refractivity contribution < 1.29 is 22.7 Å². The zero-order chi connectivity index (χ0) is 31.4. The molecule has 3 unspecified atom stereocenters. The minimum Gasteiger partial charge on any atom is -0.463 e. The highest BCUT2D eigenvalue weighted by molar-refractivity contribution is 5.87. The number of ether oxygens (including phenoxy) is 1. The molecule has 2 aromatic rings. The fraction of sp³-hybridized carbons (Fsp3) is 0.562. The summed E-state index contributed by atoms with van der Waals surface area (Å²) in [5.74, 6) is 0.793. The number of halogens is 3. The molecule has 2 fully saturated rings. The minimum atomic E-state index is -4.48. The highest BCUT2D eigenvalue weighted by Gasteiger charge is 2.37. The standard InChI is InChI=1S/C32H40F3N7O2/c1-4-29(43)42-17-16-41(19-24(42)12-14-36)30-25-13-15-40(28-11-6-5-10-26(28)32(33,34)35)20-27(25)37-31(38-30)44-21-22-8-7-9-23(18-22)39(2)3/h4-6,10-11,22-24H,1,7-9,12-13,15-21H2,2-3H3. The Morgan fingerprint density at radius 1 is 1.18 bits per heavy atom. The van der Waals surface area contributed by atoms with Crippen LogP contribution in [0, 0.1) is 17.2 Å². The molecule has 236 valence electrons. The van der Waals surface area contributed by atoms with Gasteiger partial charge >= 0.3 is 12.2 Å². The molecule has 12 heteroatoms. The lowest BCUT2D eigenvalue weighted by Crippen LogP contribution is -2.55. The lowest BCUT2D eigenvalue weighted by molar-refractivity contribution is -0.137. The first-order valence-electron chi connectivity index (χ1n) is 15.2. The quantitative estimate of drug-likeness (QED) is 0.398. The van der Waals surface area contributed by atoms with Gasteiger partial charge in [-0.3, -0.25) is 4.79 Å². The fourth-order valence-corrected chi connectivity index (χ4v) is 6.72. The van der Waals surface area contributed by atoms with Gasteiger partial charge in [0.2, 0.25) is 5.91 Å². The molecule has 1 aromatic heterocycles. The number of carbonyl (C=O) groups excluding carboxylic acids is 1. The van der Waals surface area contributed by atoms with Crippen molar-refractivity contribution >= 4 is 17.4 Å². The molecule has 0 radical (unpaired) electrons. The number of anilines is 2. The topological polar surface area (TPSA) is 88.8 Å². The number of hydrogen-bond acceptors (Lipinski definition) is 8. The second-order valence-electron chi connectivity index (χ2n) is 12.1. The van der Waals surface area contributed by atoms with Gasteiger partial charge in [-0.25, -0.2) is 0 Å². The molecule has 3 atom stereocenters. The van der Waals surface area contributed by atoms with E-state index in [1.165, 1.54) is 18.2 Å². The predicted molar refractivity (Wildman–Crippen MR) is 161 cm³/mol. The lowest BCUT2D eigenvalue weighted by Gasteiger charge is -2.42. The van der Waals surface area contributed by atoms with Crippen LogP contribution in [0.15, 0.2) is 36.9 Å². The van der Waals surface area contributed by atoms with E-state index in [0.29, 0.717) is 62.7 Å². The Morgan fingerprint density at radius 2 is 1.98 bits per heavy atom. The largest absolute Gasteiger partial charge is 0.463 e. The van der Waals surface area contributed by atoms with E-state index in [4.69, 9.17) is 14.7 Å². The summed E-state index contributed by atoms with van der Waals surface area (Å²) < 4.78 is 47.9. The van der Waals surface area contributed by atoms with Gasteiger partial charge in [-0.1, -0.05) is 25.1 Å². The third-order valence-corrected chi connectivity index (χ3v) is 9.07. The van der Waals surface area contributed by atoms with E-state index in [1.54, 1.807) is 15.9 Å². The van der Waals surface area contributed by atoms with E-state index < -0.39 is 11.7 Å². The summed E-state index contributed by atoms with van der Waals surface area (Å²) in [4.78, 5) is 29.8. The molecule has 2 aliphatic heterocycles. The van der Waals surface area contributed by atoms with Gasteiger partial charge < -0.3 is 24.3 Å². The van der Waals surface area contributed by atoms with Crippen LogP contribution in [-0.2, 0) is 23.9 Å². The fourth-order valence-electron chi connectivity index (χ4n) is 6.72. The van der Waals surface area contributed by atoms with Crippen molar-refractivity contribution in [1.29, 1.82) is 5.26 Å². The van der Waals surface area contributed by atoms with E-state index in [9.17, 15) is 23.2 Å². The monoisotopic (exact) mass is 611 g/mol. The van der Waals surface area contributed by atoms with Crippen LogP contribution < -0.4 is 14.5 Å². The summed E-state index contributed by atoms with van der Waals surface area (Å²) >= 11 is 0. The Kier molecular flexibility index (Phi) is 9.63. The van der Waals surface area contributed by atoms with Crippen LogP contribution in [-0.4, -0.2) is 84.6 Å². The Balaban J connectivity index is 1.45. The van der Waals surface area contributed by atoms with E-state index >= 15 is 0 Å². The number of nitrogens with zero attached hydrogens (tertiary/aromatic N) is 7. The smallest absolute Gasteiger partial charge is 0.418 e. The summed E-state index contributed by atoms with van der Waals surface area (Å²) in [7, 11) is 4.19. The summed E-state index contributed by atoms with van der Waals surface area (Å²) in [6.07, 6.45) is 1.73. The van der Waals surface area contributed by atoms with Gasteiger partial charge in [0.15, 0.2) is 0 Å². The molecule has 0 bridgehead atoms. The van der Waals surface area contributed by atoms with E-state index in [2.05, 4.69) is 36.5 Å². The number of fused-ring (bicyclic) bond motifs is 1. The first-order valence-corrected chi connectivity index (χ1v) is 15.2. The third kappa shape index (κ3) is 6.93. The van der Waals surface area contributed by atoms with Crippen LogP contribution in [0.1, 0.15) is 48.9 Å². The molecule has 1 aliphatic carbocycles. The number of amides is 1. The molecule has 3 aliphatic rings. The summed E-state index contributed by atoms with van der Waals surface area (Å²) in [5.41, 5.74) is 0.937. The second kappa shape index (κ2) is 13.4. The van der Waals surface area contributed by atoms with Crippen LogP contribution in [0.3, 0.4) is 0 Å². The molecular weight excluding hydrogens is 571 g/mol. The van der Waals surface area contributed by atoms with Crippen molar-refractivity contribution in [2.24, 2.45) is 5.92 Å². The van der Waals surface area contributed by atoms with E-state index in [0.717, 1.165) is 37.3 Å². The van der Waals surface area contributed by atoms with E-state index in [1.807, 2.05) is 0 Å². The molecule has 1 saturated carbocycles. The van der Waals surface area contributed by atoms with Gasteiger partial charge in [-0.05, 0) is 63.9 Å². The van der Waals surface area contributed by atoms with E-state index in [-0.39, 0.29) is 36.6 Å². The molecule has 44 heavy (non-hydrogen) atoms. The maximum absolute atomic E-state index is 13.9. The maximum Gasteiger partial charge on any atom is 0.418 e. The molecule has 0 spiro atoms. The van der Waals surface area contributed by atoms with Gasteiger partial charge in [0, 0.05) is 43.5 Å². The molecule has 9 nitrogen and oxygen atoms in total. The highest BCUT2D eigenvalue weighted by atomic mass is 19.4. The maximum atomic E-state index is 13.9. The van der Waals surface area contributed by atoms with Crippen molar-refractivity contribution in [2.45, 2.75) is 63.3 Å². The number of nitriles is 1. The number of piperazine rings is 1. The molecule has 1 aromatic carbocycles. The second-order valence-corrected chi connectivity index (χ2v) is 12.1. The summed E-state index contributed by atoms with van der Waals surface area (Å²) in [6.45, 7) is 5.87. The summed E-state index contributed by atoms with van der Waals surface area (Å²) in [6, 6.07) is 8.16. The van der Waals surface area contributed by atoms with Crippen LogP contribution in [0.4, 0.5) is 24.7 Å². The van der Waals surface area contributed by atoms with Crippen molar-refractivity contribution in [3.8, 4) is 12.1 Å². The first kappa shape index (κ1) is 31.6. The molecule has 3 heterocycles. The van der Waals surface area contributed by atoms with Crippen molar-refractivity contribution in [1.82, 2.24) is 19.8 Å². The molecule has 5 rings (SSSR count). The van der Waals surface area contributed by atoms with Crippen molar-refractivity contribution in [3.05, 3.63) is 53.7 Å². The average Bonchev–Trinajstić information content (AvgIpc) is 3.02. The number of aromatic nitrogens is 2. The minimum absolute atomic E-state index is 0.121. The Morgan fingerprint density at radius 3 is 2.70 bits per heavy atom. The molecule has 1 amide bonds. The first-order chi connectivity index (χ1) is 21.1. The SMILES string of the molecule is C=CC(=O)N1CCN(c2nc(OCC3CCCC(N(C)C)C3)nc3c2CCN(c2ccccc2C(F)(F)F)C3)CC1CC#N. The molecule has 0 N–H and O–H groups in total. The Labute approximate surface area is 256 Å². The van der Waals surface area contributed by atoms with Crippen molar-refractivity contribution in [3.63, 3.8) is 0 Å². The Bertz CT molecular complexity index is 1390. The van der Waals surface area contributed by atoms with Gasteiger partial charge in [-0.15, -0.1) is 0 Å². The number of alkyl halides is 3. The number of carbonyl (C=O) groups is 1. The van der Waals surface area contributed by atoms with Gasteiger partial charge in [-0.2, -0.15) is 28.4 Å². The van der Waals surface area contributed by atoms with Crippen LogP contribution in [0.5, 0.6) is 6.01 Å². The number of benzene rings is 1. The third-order valence-electron chi connectivity index (χ3n) is 9.07. The average molecular weight is 612 g/mol. The highest BCUT2D eigenvalue weighted by Crippen LogP contribution is 2.39. The van der Waals surface area contributed by atoms with Gasteiger partial charge in [0.1, 0.15) is 5.82 Å². The summed E-state index contributed by atoms with van der Waals surface area (Å²) in [5, 5.41) is 9.48. The zero-order valence-corrected chi connectivity index (χ0v) is 25.4. The van der Waals surface area contributed by atoms with Gasteiger partial charge in [0.05, 0.1) is 42.9 Å². The predicted octanol–water partition coefficient (Wildman–Crippen LogP) is 4.67. The number of para-hydroxylation sites is 1. The lowest BCUT2D eigenvalue weighted by atomic mass is 9.86. The molecule has 1 saturated heterocycles. The van der Waals surface area contributed by atoms with Crippen molar-refractivity contribution in [2.75, 3.05) is 56.7 Å². The van der Waals surface area contributed by atoms with Gasteiger partial charge in [0.25, 0.3) is 0 Å². The van der Waals surface area contributed by atoms with Crippen LogP contribution in [0.25, 0.3) is 0 Å².